The minimum Gasteiger partial charge on any atom is -0.491 e. The third kappa shape index (κ3) is 14.8. The Bertz CT molecular complexity index is 1780. The van der Waals surface area contributed by atoms with Crippen LogP contribution in [0.25, 0.3) is 0 Å². The zero-order chi connectivity index (χ0) is 41.7. The number of anilines is 1. The maximum absolute atomic E-state index is 11.9. The lowest BCUT2D eigenvalue weighted by atomic mass is 9.98. The Hall–Kier alpha value is -4.94. The summed E-state index contributed by atoms with van der Waals surface area (Å²) < 4.78 is 12.9. The molecule has 0 saturated heterocycles. The average Bonchev–Trinajstić information content (AvgIpc) is 3.21. The molecule has 0 aliphatic carbocycles. The van der Waals surface area contributed by atoms with E-state index >= 15 is 0 Å². The van der Waals surface area contributed by atoms with Crippen LogP contribution < -0.4 is 14.4 Å². The minimum atomic E-state index is -0.709. The highest BCUT2D eigenvalue weighted by Gasteiger charge is 2.21. The molecule has 3 atom stereocenters. The van der Waals surface area contributed by atoms with Crippen molar-refractivity contribution in [2.75, 3.05) is 31.7 Å². The van der Waals surface area contributed by atoms with Crippen molar-refractivity contribution in [1.82, 2.24) is 0 Å². The molecule has 13 heteroatoms. The number of ether oxygens (including phenoxy) is 2. The third-order valence-corrected chi connectivity index (χ3v) is 10.7. The fourth-order valence-corrected chi connectivity index (χ4v) is 6.61. The predicted molar refractivity (Wildman–Crippen MR) is 230 cm³/mol. The summed E-state index contributed by atoms with van der Waals surface area (Å²) in [6.07, 6.45) is 13.1. The van der Waals surface area contributed by atoms with E-state index in [9.17, 15) is 20.2 Å². The van der Waals surface area contributed by atoms with Crippen LogP contribution in [0.15, 0.2) is 69.0 Å². The van der Waals surface area contributed by atoms with Crippen LogP contribution in [-0.4, -0.2) is 36.7 Å². The summed E-state index contributed by atoms with van der Waals surface area (Å²) in [5.41, 5.74) is 2.54. The summed E-state index contributed by atoms with van der Waals surface area (Å²) in [5.74, 6) is 2.07. The Morgan fingerprint density at radius 3 is 1.54 bits per heavy atom. The Morgan fingerprint density at radius 2 is 1.09 bits per heavy atom. The van der Waals surface area contributed by atoms with Crippen molar-refractivity contribution in [2.45, 2.75) is 126 Å². The number of benzene rings is 3. The molecule has 0 spiro atoms. The number of hydrogen-bond donors (Lipinski definition) is 0. The van der Waals surface area contributed by atoms with Gasteiger partial charge in [0.25, 0.3) is 5.69 Å². The van der Waals surface area contributed by atoms with Crippen LogP contribution >= 0.6 is 0 Å². The zero-order valence-electron chi connectivity index (χ0n) is 35.5. The summed E-state index contributed by atoms with van der Waals surface area (Å²) in [5, 5.41) is 41.3. The monoisotopic (exact) mass is 787 g/mol. The highest BCUT2D eigenvalue weighted by molar-refractivity contribution is 5.68. The molecule has 0 aromatic heterocycles. The Labute approximate surface area is 339 Å². The van der Waals surface area contributed by atoms with Gasteiger partial charge in [-0.05, 0) is 73.8 Å². The molecule has 3 rings (SSSR count). The third-order valence-electron chi connectivity index (χ3n) is 10.7. The van der Waals surface area contributed by atoms with Crippen LogP contribution in [0.1, 0.15) is 124 Å². The summed E-state index contributed by atoms with van der Waals surface area (Å²) in [6, 6.07) is 12.9. The van der Waals surface area contributed by atoms with Crippen molar-refractivity contribution in [1.29, 1.82) is 0 Å². The van der Waals surface area contributed by atoms with E-state index in [1.165, 1.54) is 31.4 Å². The number of non-ortho nitro benzene ring substituents is 1. The van der Waals surface area contributed by atoms with Crippen LogP contribution in [0.3, 0.4) is 0 Å². The molecule has 0 aliphatic rings. The van der Waals surface area contributed by atoms with Gasteiger partial charge >= 0.3 is 5.69 Å². The minimum absolute atomic E-state index is 0.126. The first kappa shape index (κ1) is 46.4. The summed E-state index contributed by atoms with van der Waals surface area (Å²) in [4.78, 5) is 24.2. The number of aryl methyl sites for hydroxylation is 1. The van der Waals surface area contributed by atoms with Gasteiger partial charge in [0, 0.05) is 37.5 Å². The number of nitro benzene ring substituents is 2. The van der Waals surface area contributed by atoms with Crippen molar-refractivity contribution in [3.8, 4) is 11.5 Å². The number of nitro groups is 2. The highest BCUT2D eigenvalue weighted by atomic mass is 16.6. The molecule has 3 aromatic carbocycles. The van der Waals surface area contributed by atoms with Crippen LogP contribution in [0.4, 0.5) is 39.8 Å². The highest BCUT2D eigenvalue weighted by Crippen LogP contribution is 2.43. The Balaban J connectivity index is 2.11. The number of hydrogen-bond acceptors (Lipinski definition) is 11. The van der Waals surface area contributed by atoms with Gasteiger partial charge in [-0.2, -0.15) is 5.11 Å². The van der Waals surface area contributed by atoms with Crippen LogP contribution in [0.5, 0.6) is 11.5 Å². The number of azo groups is 2. The first-order valence-corrected chi connectivity index (χ1v) is 21.0. The van der Waals surface area contributed by atoms with E-state index in [2.05, 4.69) is 75.9 Å². The fourth-order valence-electron chi connectivity index (χ4n) is 6.61. The molecule has 3 aromatic rings. The van der Waals surface area contributed by atoms with E-state index in [1.807, 2.05) is 13.0 Å². The van der Waals surface area contributed by atoms with Gasteiger partial charge in [-0.25, -0.2) is 0 Å². The van der Waals surface area contributed by atoms with Crippen molar-refractivity contribution in [3.63, 3.8) is 0 Å². The van der Waals surface area contributed by atoms with Gasteiger partial charge in [0.2, 0.25) is 0 Å². The zero-order valence-corrected chi connectivity index (χ0v) is 35.5. The standard InChI is InChI=1S/C44H65N7O6/c1-9-15-18-33(12-4)29-49(8)36-21-23-38(32(7)25-36)45-47-40-27-44(57-31-35(14-6)20-17-11-3)41(28-43(40)56-30-34(13-5)19-16-10-2)48-46-39-24-22-37(50(52)53)26-42(39)51(54)55/h21-28,33-35H,9-20,29-31H2,1-8H3. The fraction of sp³-hybridized carbons (Fsp3) is 0.591. The molecular weight excluding hydrogens is 723 g/mol. The van der Waals surface area contributed by atoms with Crippen LogP contribution in [0.2, 0.25) is 0 Å². The van der Waals surface area contributed by atoms with E-state index in [1.54, 1.807) is 12.1 Å². The van der Waals surface area contributed by atoms with E-state index < -0.39 is 21.2 Å². The largest absolute Gasteiger partial charge is 0.491 e. The van der Waals surface area contributed by atoms with Gasteiger partial charge in [-0.1, -0.05) is 99.3 Å². The van der Waals surface area contributed by atoms with E-state index in [0.717, 1.165) is 87.3 Å². The van der Waals surface area contributed by atoms with Crippen molar-refractivity contribution in [3.05, 3.63) is 74.3 Å². The summed E-state index contributed by atoms with van der Waals surface area (Å²) in [6.45, 7) is 17.0. The van der Waals surface area contributed by atoms with Crippen molar-refractivity contribution >= 4 is 39.8 Å². The van der Waals surface area contributed by atoms with Crippen molar-refractivity contribution < 1.29 is 19.3 Å². The average molecular weight is 788 g/mol. The van der Waals surface area contributed by atoms with Crippen LogP contribution in [0, 0.1) is 44.9 Å². The molecule has 57 heavy (non-hydrogen) atoms. The topological polar surface area (TPSA) is 157 Å². The lowest BCUT2D eigenvalue weighted by Crippen LogP contribution is -2.25. The molecule has 0 heterocycles. The SMILES string of the molecule is CCCCC(CC)COc1cc(N=Nc2ccc([N+](=O)[O-])cc2[N+](=O)[O-])c(OCC(CC)CCCC)cc1N=Nc1ccc(N(C)CC(CC)CCCC)cc1C. The second kappa shape index (κ2) is 24.6. The maximum atomic E-state index is 11.9. The summed E-state index contributed by atoms with van der Waals surface area (Å²) >= 11 is 0. The molecule has 0 amide bonds. The molecule has 0 fully saturated rings. The normalized spacial score (nSPS) is 13.2. The van der Waals surface area contributed by atoms with E-state index in [0.29, 0.717) is 48.2 Å². The lowest BCUT2D eigenvalue weighted by molar-refractivity contribution is -0.393. The Morgan fingerprint density at radius 1 is 0.614 bits per heavy atom. The van der Waals surface area contributed by atoms with Crippen LogP contribution in [-0.2, 0) is 0 Å². The summed E-state index contributed by atoms with van der Waals surface area (Å²) in [7, 11) is 2.14. The van der Waals surface area contributed by atoms with Gasteiger partial charge in [0.1, 0.15) is 22.9 Å². The van der Waals surface area contributed by atoms with Crippen molar-refractivity contribution in [2.24, 2.45) is 38.2 Å². The molecule has 13 nitrogen and oxygen atoms in total. The smallest absolute Gasteiger partial charge is 0.303 e. The first-order valence-electron chi connectivity index (χ1n) is 21.0. The van der Waals surface area contributed by atoms with Gasteiger partial charge in [-0.3, -0.25) is 20.2 Å². The molecule has 0 bridgehead atoms. The Kier molecular flexibility index (Phi) is 20.1. The molecular formula is C44H65N7O6. The molecule has 0 N–H and O–H groups in total. The molecule has 0 radical (unpaired) electrons. The van der Waals surface area contributed by atoms with E-state index in [-0.39, 0.29) is 11.4 Å². The number of nitrogens with zero attached hydrogens (tertiary/aromatic N) is 7. The lowest BCUT2D eigenvalue weighted by Gasteiger charge is -2.25. The predicted octanol–water partition coefficient (Wildman–Crippen LogP) is 14.5. The second-order valence-electron chi connectivity index (χ2n) is 15.1. The number of rotatable bonds is 27. The van der Waals surface area contributed by atoms with Gasteiger partial charge in [0.15, 0.2) is 5.69 Å². The second-order valence-corrected chi connectivity index (χ2v) is 15.1. The first-order chi connectivity index (χ1) is 27.5. The quantitative estimate of drug-likeness (QED) is 0.0422. The van der Waals surface area contributed by atoms with Gasteiger partial charge in [-0.15, -0.1) is 15.3 Å². The molecule has 0 aliphatic heterocycles. The maximum Gasteiger partial charge on any atom is 0.303 e. The molecule has 0 saturated carbocycles. The number of unbranched alkanes of at least 4 members (excludes halogenated alkanes) is 3. The molecule has 3 unspecified atom stereocenters. The molecule has 312 valence electrons. The van der Waals surface area contributed by atoms with E-state index in [4.69, 9.17) is 19.7 Å². The van der Waals surface area contributed by atoms with Gasteiger partial charge < -0.3 is 14.4 Å². The van der Waals surface area contributed by atoms with Gasteiger partial charge in [0.05, 0.1) is 34.8 Å².